The van der Waals surface area contributed by atoms with Gasteiger partial charge in [-0.05, 0) is 24.5 Å². The van der Waals surface area contributed by atoms with E-state index in [2.05, 4.69) is 31.2 Å². The van der Waals surface area contributed by atoms with Gasteiger partial charge in [-0.1, -0.05) is 24.3 Å². The number of benzene rings is 1. The van der Waals surface area contributed by atoms with Crippen LogP contribution >= 0.6 is 11.8 Å². The Morgan fingerprint density at radius 2 is 1.86 bits per heavy atom. The Hall–Kier alpha value is -1.20. The SMILES string of the molecule is Cc1ccccc1[C@H]1CCN(C(=O)N2CCOCC2)CCS1. The molecule has 0 radical (unpaired) electrons. The van der Waals surface area contributed by atoms with E-state index in [1.807, 2.05) is 21.6 Å². The summed E-state index contributed by atoms with van der Waals surface area (Å²) in [6.07, 6.45) is 1.03. The van der Waals surface area contributed by atoms with Crippen LogP contribution in [0.15, 0.2) is 24.3 Å². The van der Waals surface area contributed by atoms with Crippen molar-refractivity contribution in [2.75, 3.05) is 45.1 Å². The molecule has 120 valence electrons. The van der Waals surface area contributed by atoms with Gasteiger partial charge in [-0.2, -0.15) is 11.8 Å². The van der Waals surface area contributed by atoms with Crippen molar-refractivity contribution in [2.45, 2.75) is 18.6 Å². The summed E-state index contributed by atoms with van der Waals surface area (Å²) in [6, 6.07) is 8.80. The molecule has 2 aliphatic heterocycles. The van der Waals surface area contributed by atoms with E-state index in [9.17, 15) is 4.79 Å². The summed E-state index contributed by atoms with van der Waals surface area (Å²) in [5.41, 5.74) is 2.78. The topological polar surface area (TPSA) is 32.8 Å². The number of hydrogen-bond acceptors (Lipinski definition) is 3. The van der Waals surface area contributed by atoms with Crippen molar-refractivity contribution < 1.29 is 9.53 Å². The van der Waals surface area contributed by atoms with Gasteiger partial charge in [-0.3, -0.25) is 0 Å². The van der Waals surface area contributed by atoms with Gasteiger partial charge in [-0.15, -0.1) is 0 Å². The second kappa shape index (κ2) is 7.38. The molecule has 4 nitrogen and oxygen atoms in total. The van der Waals surface area contributed by atoms with Gasteiger partial charge in [0, 0.05) is 37.2 Å². The van der Waals surface area contributed by atoms with Gasteiger partial charge in [-0.25, -0.2) is 4.79 Å². The lowest BCUT2D eigenvalue weighted by molar-refractivity contribution is 0.0438. The molecule has 2 amide bonds. The summed E-state index contributed by atoms with van der Waals surface area (Å²) in [6.45, 7) is 6.66. The third-order valence-electron chi connectivity index (χ3n) is 4.43. The minimum Gasteiger partial charge on any atom is -0.378 e. The molecule has 2 fully saturated rings. The standard InChI is InChI=1S/C17H24N2O2S/c1-14-4-2-3-5-15(14)16-6-7-18(10-13-22-16)17(20)19-8-11-21-12-9-19/h2-5,16H,6-13H2,1H3/t16-/m1/s1. The molecule has 0 aromatic heterocycles. The van der Waals surface area contributed by atoms with Crippen LogP contribution < -0.4 is 0 Å². The number of carbonyl (C=O) groups excluding carboxylic acids is 1. The van der Waals surface area contributed by atoms with E-state index in [1.165, 1.54) is 11.1 Å². The molecule has 1 atom stereocenters. The highest BCUT2D eigenvalue weighted by molar-refractivity contribution is 7.99. The first-order valence-electron chi connectivity index (χ1n) is 8.04. The molecule has 2 aliphatic rings. The Kier molecular flexibility index (Phi) is 5.26. The van der Waals surface area contributed by atoms with Crippen LogP contribution in [0.2, 0.25) is 0 Å². The lowest BCUT2D eigenvalue weighted by atomic mass is 10.0. The first kappa shape index (κ1) is 15.7. The minimum absolute atomic E-state index is 0.189. The molecule has 5 heteroatoms. The number of aryl methyl sites for hydroxylation is 1. The first-order valence-corrected chi connectivity index (χ1v) is 9.09. The Bertz CT molecular complexity index is 517. The maximum atomic E-state index is 12.6. The highest BCUT2D eigenvalue weighted by atomic mass is 32.2. The largest absolute Gasteiger partial charge is 0.378 e. The summed E-state index contributed by atoms with van der Waals surface area (Å²) >= 11 is 1.98. The van der Waals surface area contributed by atoms with E-state index < -0.39 is 0 Å². The Morgan fingerprint density at radius 1 is 1.14 bits per heavy atom. The third-order valence-corrected chi connectivity index (χ3v) is 5.74. The van der Waals surface area contributed by atoms with Crippen LogP contribution in [-0.2, 0) is 4.74 Å². The van der Waals surface area contributed by atoms with Gasteiger partial charge < -0.3 is 14.5 Å². The van der Waals surface area contributed by atoms with Crippen LogP contribution in [0.4, 0.5) is 4.79 Å². The molecule has 0 aliphatic carbocycles. The number of rotatable bonds is 1. The summed E-state index contributed by atoms with van der Waals surface area (Å²) in [7, 11) is 0. The van der Waals surface area contributed by atoms with Gasteiger partial charge in [0.15, 0.2) is 0 Å². The number of hydrogen-bond donors (Lipinski definition) is 0. The average Bonchev–Trinajstić information content (AvgIpc) is 2.81. The maximum Gasteiger partial charge on any atom is 0.320 e. The summed E-state index contributed by atoms with van der Waals surface area (Å²) < 4.78 is 5.33. The summed E-state index contributed by atoms with van der Waals surface area (Å²) in [5.74, 6) is 1.01. The number of urea groups is 1. The fourth-order valence-corrected chi connectivity index (χ4v) is 4.44. The van der Waals surface area contributed by atoms with Crippen molar-refractivity contribution in [3.05, 3.63) is 35.4 Å². The van der Waals surface area contributed by atoms with Crippen LogP contribution in [0, 0.1) is 6.92 Å². The number of ether oxygens (including phenoxy) is 1. The van der Waals surface area contributed by atoms with E-state index >= 15 is 0 Å². The van der Waals surface area contributed by atoms with E-state index in [0.29, 0.717) is 18.5 Å². The zero-order chi connectivity index (χ0) is 15.4. The average molecular weight is 320 g/mol. The van der Waals surface area contributed by atoms with Crippen molar-refractivity contribution in [3.8, 4) is 0 Å². The highest BCUT2D eigenvalue weighted by Crippen LogP contribution is 2.36. The fourth-order valence-electron chi connectivity index (χ4n) is 3.11. The second-order valence-electron chi connectivity index (χ2n) is 5.87. The molecular weight excluding hydrogens is 296 g/mol. The molecule has 2 saturated heterocycles. The summed E-state index contributed by atoms with van der Waals surface area (Å²) in [4.78, 5) is 16.6. The van der Waals surface area contributed by atoms with E-state index in [1.54, 1.807) is 0 Å². The zero-order valence-corrected chi connectivity index (χ0v) is 14.0. The molecule has 1 aromatic rings. The minimum atomic E-state index is 0.189. The Balaban J connectivity index is 1.62. The van der Waals surface area contributed by atoms with Crippen molar-refractivity contribution in [1.29, 1.82) is 0 Å². The molecule has 2 heterocycles. The monoisotopic (exact) mass is 320 g/mol. The van der Waals surface area contributed by atoms with E-state index in [4.69, 9.17) is 4.74 Å². The number of morpholine rings is 1. The zero-order valence-electron chi connectivity index (χ0n) is 13.2. The number of nitrogens with zero attached hydrogens (tertiary/aromatic N) is 2. The highest BCUT2D eigenvalue weighted by Gasteiger charge is 2.26. The Morgan fingerprint density at radius 3 is 2.64 bits per heavy atom. The quantitative estimate of drug-likeness (QED) is 0.797. The van der Waals surface area contributed by atoms with Gasteiger partial charge in [0.1, 0.15) is 0 Å². The normalized spacial score (nSPS) is 23.2. The predicted molar refractivity (Wildman–Crippen MR) is 90.4 cm³/mol. The molecule has 0 bridgehead atoms. The number of carbonyl (C=O) groups is 1. The van der Waals surface area contributed by atoms with Gasteiger partial charge in [0.25, 0.3) is 0 Å². The van der Waals surface area contributed by atoms with Crippen LogP contribution in [0.5, 0.6) is 0 Å². The van der Waals surface area contributed by atoms with E-state index in [0.717, 1.165) is 38.4 Å². The van der Waals surface area contributed by atoms with Crippen LogP contribution in [-0.4, -0.2) is 61.0 Å². The third kappa shape index (κ3) is 3.58. The number of amides is 2. The molecule has 0 spiro atoms. The maximum absolute atomic E-state index is 12.6. The van der Waals surface area contributed by atoms with Crippen LogP contribution in [0.1, 0.15) is 22.8 Å². The molecule has 1 aromatic carbocycles. The molecule has 0 N–H and O–H groups in total. The lowest BCUT2D eigenvalue weighted by Gasteiger charge is -2.32. The van der Waals surface area contributed by atoms with Crippen LogP contribution in [0.25, 0.3) is 0 Å². The predicted octanol–water partition coefficient (Wildman–Crippen LogP) is 2.93. The van der Waals surface area contributed by atoms with Crippen molar-refractivity contribution in [2.24, 2.45) is 0 Å². The molecule has 22 heavy (non-hydrogen) atoms. The van der Waals surface area contributed by atoms with Crippen LogP contribution in [0.3, 0.4) is 0 Å². The van der Waals surface area contributed by atoms with Gasteiger partial charge in [0.05, 0.1) is 13.2 Å². The number of thioether (sulfide) groups is 1. The smallest absolute Gasteiger partial charge is 0.320 e. The molecule has 0 unspecified atom stereocenters. The summed E-state index contributed by atoms with van der Waals surface area (Å²) in [5, 5.41) is 0.503. The van der Waals surface area contributed by atoms with Crippen molar-refractivity contribution in [1.82, 2.24) is 9.80 Å². The Labute approximate surface area is 136 Å². The lowest BCUT2D eigenvalue weighted by Crippen LogP contribution is -2.48. The van der Waals surface area contributed by atoms with Crippen molar-refractivity contribution in [3.63, 3.8) is 0 Å². The molecule has 0 saturated carbocycles. The molecular formula is C17H24N2O2S. The first-order chi connectivity index (χ1) is 10.8. The fraction of sp³-hybridized carbons (Fsp3) is 0.588. The van der Waals surface area contributed by atoms with Gasteiger partial charge >= 0.3 is 6.03 Å². The second-order valence-corrected chi connectivity index (χ2v) is 7.18. The van der Waals surface area contributed by atoms with E-state index in [-0.39, 0.29) is 6.03 Å². The van der Waals surface area contributed by atoms with Crippen molar-refractivity contribution >= 4 is 17.8 Å². The molecule has 3 rings (SSSR count). The van der Waals surface area contributed by atoms with Gasteiger partial charge in [0.2, 0.25) is 0 Å².